The number of benzene rings is 2. The molecule has 28 heavy (non-hydrogen) atoms. The van der Waals surface area contributed by atoms with Crippen molar-refractivity contribution in [3.63, 3.8) is 0 Å². The normalized spacial score (nSPS) is 10.7. The van der Waals surface area contributed by atoms with Crippen LogP contribution in [0.15, 0.2) is 48.5 Å². The van der Waals surface area contributed by atoms with E-state index in [9.17, 15) is 9.59 Å². The lowest BCUT2D eigenvalue weighted by molar-refractivity contribution is -0.120. The molecule has 0 saturated carbocycles. The molecule has 3 rings (SSSR count). The minimum Gasteiger partial charge on any atom is -0.354 e. The molecule has 2 aromatic carbocycles. The fourth-order valence-electron chi connectivity index (χ4n) is 3.14. The number of aromatic nitrogens is 1. The Morgan fingerprint density at radius 3 is 2.39 bits per heavy atom. The highest BCUT2D eigenvalue weighted by Crippen LogP contribution is 2.22. The topological polar surface area (TPSA) is 71.1 Å². The Kier molecular flexibility index (Phi) is 6.26. The fraction of sp³-hybridized carbons (Fsp3) is 0.227. The van der Waals surface area contributed by atoms with Crippen molar-refractivity contribution in [2.24, 2.45) is 0 Å². The van der Waals surface area contributed by atoms with E-state index in [2.05, 4.69) is 15.6 Å². The van der Waals surface area contributed by atoms with Crippen molar-refractivity contribution < 1.29 is 9.59 Å². The van der Waals surface area contributed by atoms with Crippen LogP contribution in [0.4, 0.5) is 0 Å². The molecular formula is C22H22ClN3O2. The van der Waals surface area contributed by atoms with E-state index < -0.39 is 0 Å². The van der Waals surface area contributed by atoms with Gasteiger partial charge in [-0.3, -0.25) is 14.6 Å². The van der Waals surface area contributed by atoms with Crippen molar-refractivity contribution in [1.82, 2.24) is 15.6 Å². The van der Waals surface area contributed by atoms with E-state index in [1.807, 2.05) is 38.1 Å². The van der Waals surface area contributed by atoms with Crippen LogP contribution in [0.2, 0.25) is 5.02 Å². The van der Waals surface area contributed by atoms with Gasteiger partial charge < -0.3 is 10.6 Å². The third kappa shape index (κ3) is 4.67. The number of carbonyl (C=O) groups excluding carboxylic acids is 2. The summed E-state index contributed by atoms with van der Waals surface area (Å²) >= 11 is 5.82. The van der Waals surface area contributed by atoms with Gasteiger partial charge in [-0.2, -0.15) is 0 Å². The average Bonchev–Trinajstić information content (AvgIpc) is 2.69. The van der Waals surface area contributed by atoms with Crippen LogP contribution in [-0.2, 0) is 11.2 Å². The molecule has 0 fully saturated rings. The summed E-state index contributed by atoms with van der Waals surface area (Å²) in [4.78, 5) is 29.0. The molecule has 6 heteroatoms. The Morgan fingerprint density at radius 2 is 1.64 bits per heavy atom. The number of halogens is 1. The van der Waals surface area contributed by atoms with Crippen LogP contribution < -0.4 is 10.6 Å². The number of nitrogens with zero attached hydrogens (tertiary/aromatic N) is 1. The van der Waals surface area contributed by atoms with Gasteiger partial charge in [0.25, 0.3) is 5.91 Å². The minimum absolute atomic E-state index is 0.0935. The van der Waals surface area contributed by atoms with Gasteiger partial charge in [0, 0.05) is 34.8 Å². The van der Waals surface area contributed by atoms with Crippen LogP contribution in [0, 0.1) is 13.8 Å². The Bertz CT molecular complexity index is 1020. The standard InChI is InChI=1S/C22H22ClN3O2/c1-14-18-5-3-4-6-20(18)26-15(2)19(14)13-21(27)24-11-12-25-22(28)16-7-9-17(23)10-8-16/h3-10H,11-13H2,1-2H3,(H,24,27)(H,25,28). The molecule has 0 unspecified atom stereocenters. The number of rotatable bonds is 6. The molecular weight excluding hydrogens is 374 g/mol. The number of para-hydroxylation sites is 1. The summed E-state index contributed by atoms with van der Waals surface area (Å²) < 4.78 is 0. The second-order valence-electron chi connectivity index (χ2n) is 6.61. The Hall–Kier alpha value is -2.92. The SMILES string of the molecule is Cc1nc2ccccc2c(C)c1CC(=O)NCCNC(=O)c1ccc(Cl)cc1. The molecule has 0 radical (unpaired) electrons. The van der Waals surface area contributed by atoms with Gasteiger partial charge in [-0.25, -0.2) is 0 Å². The highest BCUT2D eigenvalue weighted by atomic mass is 35.5. The number of amides is 2. The number of nitrogens with one attached hydrogen (secondary N) is 2. The van der Waals surface area contributed by atoms with Gasteiger partial charge in [0.05, 0.1) is 11.9 Å². The molecule has 1 aromatic heterocycles. The summed E-state index contributed by atoms with van der Waals surface area (Å²) in [6, 6.07) is 14.6. The minimum atomic E-state index is -0.198. The molecule has 1 heterocycles. The van der Waals surface area contributed by atoms with Gasteiger partial charge in [0.1, 0.15) is 0 Å². The van der Waals surface area contributed by atoms with Crippen molar-refractivity contribution in [3.05, 3.63) is 75.9 Å². The molecule has 3 aromatic rings. The van der Waals surface area contributed by atoms with Gasteiger partial charge in [0.2, 0.25) is 5.91 Å². The third-order valence-electron chi connectivity index (χ3n) is 4.66. The van der Waals surface area contributed by atoms with Crippen LogP contribution in [0.25, 0.3) is 10.9 Å². The Morgan fingerprint density at radius 1 is 0.964 bits per heavy atom. The number of pyridine rings is 1. The first-order valence-corrected chi connectivity index (χ1v) is 9.49. The zero-order valence-corrected chi connectivity index (χ0v) is 16.6. The molecule has 144 valence electrons. The monoisotopic (exact) mass is 395 g/mol. The summed E-state index contributed by atoms with van der Waals surface area (Å²) in [7, 11) is 0. The number of carbonyl (C=O) groups is 2. The highest BCUT2D eigenvalue weighted by Gasteiger charge is 2.13. The summed E-state index contributed by atoms with van der Waals surface area (Å²) in [6.45, 7) is 4.65. The summed E-state index contributed by atoms with van der Waals surface area (Å²) in [6.07, 6.45) is 0.265. The van der Waals surface area contributed by atoms with Gasteiger partial charge in [-0.05, 0) is 55.3 Å². The van der Waals surface area contributed by atoms with Gasteiger partial charge in [-0.1, -0.05) is 29.8 Å². The molecule has 0 spiro atoms. The van der Waals surface area contributed by atoms with Crippen LogP contribution in [0.1, 0.15) is 27.2 Å². The molecule has 0 bridgehead atoms. The van der Waals surface area contributed by atoms with Crippen molar-refractivity contribution in [2.75, 3.05) is 13.1 Å². The summed E-state index contributed by atoms with van der Waals surface area (Å²) in [5.41, 5.74) is 4.36. The van der Waals surface area contributed by atoms with E-state index in [0.717, 1.165) is 27.7 Å². The average molecular weight is 396 g/mol. The number of aryl methyl sites for hydroxylation is 2. The zero-order valence-electron chi connectivity index (χ0n) is 15.9. The van der Waals surface area contributed by atoms with Crippen LogP contribution in [0.5, 0.6) is 0 Å². The molecule has 2 N–H and O–H groups in total. The number of hydrogen-bond acceptors (Lipinski definition) is 3. The number of hydrogen-bond donors (Lipinski definition) is 2. The fourth-order valence-corrected chi connectivity index (χ4v) is 3.26. The second-order valence-corrected chi connectivity index (χ2v) is 7.04. The summed E-state index contributed by atoms with van der Waals surface area (Å²) in [5.74, 6) is -0.291. The van der Waals surface area contributed by atoms with E-state index in [1.54, 1.807) is 24.3 Å². The smallest absolute Gasteiger partial charge is 0.251 e. The molecule has 0 aliphatic carbocycles. The van der Waals surface area contributed by atoms with Crippen molar-refractivity contribution >= 4 is 34.3 Å². The van der Waals surface area contributed by atoms with Crippen molar-refractivity contribution in [3.8, 4) is 0 Å². The maximum absolute atomic E-state index is 12.3. The lowest BCUT2D eigenvalue weighted by atomic mass is 9.99. The highest BCUT2D eigenvalue weighted by molar-refractivity contribution is 6.30. The van der Waals surface area contributed by atoms with Gasteiger partial charge in [-0.15, -0.1) is 0 Å². The predicted molar refractivity (Wildman–Crippen MR) is 112 cm³/mol. The second kappa shape index (κ2) is 8.85. The third-order valence-corrected chi connectivity index (χ3v) is 4.91. The molecule has 2 amide bonds. The lowest BCUT2D eigenvalue weighted by Gasteiger charge is -2.13. The van der Waals surface area contributed by atoms with E-state index >= 15 is 0 Å². The van der Waals surface area contributed by atoms with Crippen LogP contribution >= 0.6 is 11.6 Å². The van der Waals surface area contributed by atoms with E-state index in [1.165, 1.54) is 0 Å². The largest absolute Gasteiger partial charge is 0.354 e. The predicted octanol–water partition coefficient (Wildman–Crippen LogP) is 3.59. The van der Waals surface area contributed by atoms with E-state index in [-0.39, 0.29) is 18.2 Å². The van der Waals surface area contributed by atoms with Crippen LogP contribution in [0.3, 0.4) is 0 Å². The quantitative estimate of drug-likeness (QED) is 0.626. The Balaban J connectivity index is 1.53. The molecule has 0 aliphatic rings. The summed E-state index contributed by atoms with van der Waals surface area (Å²) in [5, 5.41) is 7.26. The molecule has 5 nitrogen and oxygen atoms in total. The molecule has 0 saturated heterocycles. The first kappa shape index (κ1) is 19.8. The van der Waals surface area contributed by atoms with Gasteiger partial charge >= 0.3 is 0 Å². The Labute approximate surface area is 169 Å². The number of fused-ring (bicyclic) bond motifs is 1. The van der Waals surface area contributed by atoms with Gasteiger partial charge in [0.15, 0.2) is 0 Å². The molecule has 0 atom stereocenters. The van der Waals surface area contributed by atoms with E-state index in [4.69, 9.17) is 11.6 Å². The maximum atomic E-state index is 12.3. The maximum Gasteiger partial charge on any atom is 0.251 e. The van der Waals surface area contributed by atoms with Crippen LogP contribution in [-0.4, -0.2) is 29.9 Å². The molecule has 0 aliphatic heterocycles. The van der Waals surface area contributed by atoms with E-state index in [0.29, 0.717) is 23.7 Å². The zero-order chi connectivity index (χ0) is 20.1. The first-order chi connectivity index (χ1) is 13.5. The first-order valence-electron chi connectivity index (χ1n) is 9.11. The van der Waals surface area contributed by atoms with Crippen molar-refractivity contribution in [1.29, 1.82) is 0 Å². The lowest BCUT2D eigenvalue weighted by Crippen LogP contribution is -2.35. The van der Waals surface area contributed by atoms with Crippen molar-refractivity contribution in [2.45, 2.75) is 20.3 Å².